The molecule has 2 N–H and O–H groups in total. The molecule has 2 heterocycles. The molecule has 1 fully saturated rings. The fourth-order valence-corrected chi connectivity index (χ4v) is 2.09. The first-order valence-electron chi connectivity index (χ1n) is 5.75. The first-order valence-corrected chi connectivity index (χ1v) is 5.75. The van der Waals surface area contributed by atoms with E-state index in [-0.39, 0.29) is 24.4 Å². The van der Waals surface area contributed by atoms with Crippen LogP contribution in [0.25, 0.3) is 0 Å². The monoisotopic (exact) mass is 258 g/mol. The molecular weight excluding hydrogens is 240 g/mol. The molecule has 1 aromatic rings. The average molecular weight is 259 g/mol. The zero-order valence-corrected chi connectivity index (χ0v) is 11.0. The molecule has 1 aromatic heterocycles. The van der Waals surface area contributed by atoms with Gasteiger partial charge in [-0.3, -0.25) is 4.79 Å². The highest BCUT2D eigenvalue weighted by molar-refractivity contribution is 5.95. The van der Waals surface area contributed by atoms with Gasteiger partial charge in [-0.15, -0.1) is 12.4 Å². The van der Waals surface area contributed by atoms with Crippen molar-refractivity contribution in [2.45, 2.75) is 32.7 Å². The van der Waals surface area contributed by atoms with Gasteiger partial charge in [0.15, 0.2) is 0 Å². The topological polar surface area (TPSA) is 54.3 Å². The van der Waals surface area contributed by atoms with Crippen LogP contribution in [0.15, 0.2) is 10.5 Å². The van der Waals surface area contributed by atoms with Crippen molar-refractivity contribution in [1.29, 1.82) is 0 Å². The number of carbonyl (C=O) groups excluding carboxylic acids is 1. The molecule has 0 aliphatic carbocycles. The van der Waals surface area contributed by atoms with Crippen molar-refractivity contribution in [3.8, 4) is 0 Å². The standard InChI is InChI=1S/C12H18N2O2.ClH/c1-8-6-11(9(2)16-8)12(15)14-10-4-3-5-13-7-10;/h6,10,13H,3-5,7H2,1-2H3,(H,14,15);1H. The number of carbonyl (C=O) groups is 1. The average Bonchev–Trinajstić information content (AvgIpc) is 2.59. The molecule has 1 saturated heterocycles. The van der Waals surface area contributed by atoms with Gasteiger partial charge in [0.2, 0.25) is 0 Å². The molecule has 1 amide bonds. The minimum atomic E-state index is -0.0250. The van der Waals surface area contributed by atoms with Crippen molar-refractivity contribution in [3.05, 3.63) is 23.2 Å². The lowest BCUT2D eigenvalue weighted by Crippen LogP contribution is -2.45. The smallest absolute Gasteiger partial charge is 0.255 e. The maximum Gasteiger partial charge on any atom is 0.255 e. The molecule has 1 atom stereocenters. The fraction of sp³-hybridized carbons (Fsp3) is 0.583. The summed E-state index contributed by atoms with van der Waals surface area (Å²) in [6.07, 6.45) is 2.17. The summed E-state index contributed by atoms with van der Waals surface area (Å²) >= 11 is 0. The van der Waals surface area contributed by atoms with Crippen molar-refractivity contribution in [2.24, 2.45) is 0 Å². The molecule has 0 saturated carbocycles. The van der Waals surface area contributed by atoms with Crippen LogP contribution >= 0.6 is 12.4 Å². The zero-order chi connectivity index (χ0) is 11.5. The third-order valence-electron chi connectivity index (χ3n) is 2.92. The van der Waals surface area contributed by atoms with Crippen molar-refractivity contribution in [3.63, 3.8) is 0 Å². The van der Waals surface area contributed by atoms with Crippen LogP contribution in [0.4, 0.5) is 0 Å². The van der Waals surface area contributed by atoms with E-state index < -0.39 is 0 Å². The molecular formula is C12H19ClN2O2. The van der Waals surface area contributed by atoms with Gasteiger partial charge in [-0.05, 0) is 39.3 Å². The van der Waals surface area contributed by atoms with Crippen LogP contribution in [0, 0.1) is 13.8 Å². The Hall–Kier alpha value is -1.000. The van der Waals surface area contributed by atoms with E-state index in [0.29, 0.717) is 11.3 Å². The molecule has 17 heavy (non-hydrogen) atoms. The van der Waals surface area contributed by atoms with E-state index in [4.69, 9.17) is 4.42 Å². The molecule has 1 aliphatic heterocycles. The maximum atomic E-state index is 11.9. The van der Waals surface area contributed by atoms with Crippen LogP contribution in [0.1, 0.15) is 34.7 Å². The maximum absolute atomic E-state index is 11.9. The SMILES string of the molecule is Cc1cc(C(=O)NC2CCCNC2)c(C)o1.Cl. The van der Waals surface area contributed by atoms with Gasteiger partial charge in [-0.1, -0.05) is 0 Å². The Morgan fingerprint density at radius 3 is 2.82 bits per heavy atom. The summed E-state index contributed by atoms with van der Waals surface area (Å²) in [5, 5.41) is 6.30. The van der Waals surface area contributed by atoms with Crippen LogP contribution in [0.5, 0.6) is 0 Å². The summed E-state index contributed by atoms with van der Waals surface area (Å²) in [5.74, 6) is 1.45. The lowest BCUT2D eigenvalue weighted by Gasteiger charge is -2.23. The van der Waals surface area contributed by atoms with Crippen LogP contribution in [0.3, 0.4) is 0 Å². The minimum Gasteiger partial charge on any atom is -0.466 e. The molecule has 96 valence electrons. The fourth-order valence-electron chi connectivity index (χ4n) is 2.09. The van der Waals surface area contributed by atoms with Gasteiger partial charge < -0.3 is 15.1 Å². The van der Waals surface area contributed by atoms with E-state index in [2.05, 4.69) is 10.6 Å². The minimum absolute atomic E-state index is 0. The van der Waals surface area contributed by atoms with Gasteiger partial charge in [-0.25, -0.2) is 0 Å². The van der Waals surface area contributed by atoms with E-state index in [1.54, 1.807) is 6.07 Å². The van der Waals surface area contributed by atoms with Gasteiger partial charge in [0.05, 0.1) is 5.56 Å². The number of halogens is 1. The first kappa shape index (κ1) is 14.1. The lowest BCUT2D eigenvalue weighted by molar-refractivity contribution is 0.0929. The molecule has 4 nitrogen and oxygen atoms in total. The number of hydrogen-bond acceptors (Lipinski definition) is 3. The highest BCUT2D eigenvalue weighted by atomic mass is 35.5. The Bertz CT molecular complexity index is 384. The first-order chi connectivity index (χ1) is 7.66. The Labute approximate surface area is 108 Å². The van der Waals surface area contributed by atoms with Gasteiger partial charge in [0, 0.05) is 12.6 Å². The van der Waals surface area contributed by atoms with E-state index in [1.165, 1.54) is 0 Å². The molecule has 1 aliphatic rings. The predicted molar refractivity (Wildman–Crippen MR) is 68.8 cm³/mol. The quantitative estimate of drug-likeness (QED) is 0.851. The molecule has 0 radical (unpaired) electrons. The number of hydrogen-bond donors (Lipinski definition) is 2. The third kappa shape index (κ3) is 3.48. The van der Waals surface area contributed by atoms with Gasteiger partial charge in [-0.2, -0.15) is 0 Å². The Morgan fingerprint density at radius 1 is 1.53 bits per heavy atom. The second-order valence-corrected chi connectivity index (χ2v) is 4.34. The van der Waals surface area contributed by atoms with Gasteiger partial charge in [0.25, 0.3) is 5.91 Å². The molecule has 0 spiro atoms. The Kier molecular flexibility index (Phi) is 5.02. The van der Waals surface area contributed by atoms with E-state index in [0.717, 1.165) is 31.7 Å². The summed E-state index contributed by atoms with van der Waals surface area (Å²) in [4.78, 5) is 11.9. The molecule has 0 aromatic carbocycles. The molecule has 5 heteroatoms. The van der Waals surface area contributed by atoms with Crippen LogP contribution in [-0.2, 0) is 0 Å². The van der Waals surface area contributed by atoms with Crippen molar-refractivity contribution in [2.75, 3.05) is 13.1 Å². The predicted octanol–water partition coefficient (Wildman–Crippen LogP) is 1.80. The van der Waals surface area contributed by atoms with Crippen LogP contribution < -0.4 is 10.6 Å². The third-order valence-corrected chi connectivity index (χ3v) is 2.92. The lowest BCUT2D eigenvalue weighted by atomic mass is 10.1. The summed E-state index contributed by atoms with van der Waals surface area (Å²) in [7, 11) is 0. The number of furan rings is 1. The van der Waals surface area contributed by atoms with E-state index >= 15 is 0 Å². The Morgan fingerprint density at radius 2 is 2.29 bits per heavy atom. The van der Waals surface area contributed by atoms with Crippen LogP contribution in [0.2, 0.25) is 0 Å². The Balaban J connectivity index is 0.00000144. The van der Waals surface area contributed by atoms with Gasteiger partial charge >= 0.3 is 0 Å². The van der Waals surface area contributed by atoms with Crippen molar-refractivity contribution in [1.82, 2.24) is 10.6 Å². The largest absolute Gasteiger partial charge is 0.466 e. The van der Waals surface area contributed by atoms with E-state index in [1.807, 2.05) is 13.8 Å². The number of rotatable bonds is 2. The zero-order valence-electron chi connectivity index (χ0n) is 10.2. The van der Waals surface area contributed by atoms with E-state index in [9.17, 15) is 4.79 Å². The summed E-state index contributed by atoms with van der Waals surface area (Å²) in [5.41, 5.74) is 0.656. The van der Waals surface area contributed by atoms with Crippen molar-refractivity contribution >= 4 is 18.3 Å². The molecule has 0 bridgehead atoms. The number of piperidine rings is 1. The summed E-state index contributed by atoms with van der Waals surface area (Å²) in [6.45, 7) is 5.59. The number of amides is 1. The number of nitrogens with one attached hydrogen (secondary N) is 2. The molecule has 2 rings (SSSR count). The highest BCUT2D eigenvalue weighted by Gasteiger charge is 2.19. The second kappa shape index (κ2) is 6.07. The van der Waals surface area contributed by atoms with Crippen LogP contribution in [-0.4, -0.2) is 25.0 Å². The van der Waals surface area contributed by atoms with Gasteiger partial charge in [0.1, 0.15) is 11.5 Å². The number of aryl methyl sites for hydroxylation is 2. The highest BCUT2D eigenvalue weighted by Crippen LogP contribution is 2.14. The summed E-state index contributed by atoms with van der Waals surface area (Å²) < 4.78 is 5.35. The summed E-state index contributed by atoms with van der Waals surface area (Å²) in [6, 6.07) is 2.04. The molecule has 1 unspecified atom stereocenters. The normalized spacial score (nSPS) is 19.5. The second-order valence-electron chi connectivity index (χ2n) is 4.34. The van der Waals surface area contributed by atoms with Crippen molar-refractivity contribution < 1.29 is 9.21 Å².